The molecule has 30 heavy (non-hydrogen) atoms. The number of ether oxygens (including phenoxy) is 5. The van der Waals surface area contributed by atoms with Crippen LogP contribution in [0.1, 0.15) is 23.7 Å². The largest absolute Gasteiger partial charge is 0.492 e. The number of carbonyl (C=O) groups is 2. The van der Waals surface area contributed by atoms with Crippen LogP contribution in [0.25, 0.3) is 0 Å². The van der Waals surface area contributed by atoms with Crippen molar-refractivity contribution in [1.29, 1.82) is 0 Å². The molecule has 0 heterocycles. The standard InChI is InChI=1S/C23H30O7/c1-19-5-6-23(16-21(19)18-25)30-14-12-28-10-8-26-7-9-27-11-13-29-22-4-2-3-20(15-22)17-24/h2-4,6,15-19H,5,7-14H2,1H3. The van der Waals surface area contributed by atoms with Crippen LogP contribution in [-0.2, 0) is 23.7 Å². The first-order valence-corrected chi connectivity index (χ1v) is 10.1. The molecule has 0 spiro atoms. The van der Waals surface area contributed by atoms with Crippen LogP contribution >= 0.6 is 0 Å². The fourth-order valence-electron chi connectivity index (χ4n) is 2.70. The molecule has 0 bridgehead atoms. The zero-order valence-corrected chi connectivity index (χ0v) is 17.4. The van der Waals surface area contributed by atoms with Crippen molar-refractivity contribution >= 4 is 12.6 Å². The summed E-state index contributed by atoms with van der Waals surface area (Å²) in [5.74, 6) is 1.63. The lowest BCUT2D eigenvalue weighted by molar-refractivity contribution is -0.105. The number of hydrogen-bond donors (Lipinski definition) is 0. The molecule has 7 heteroatoms. The van der Waals surface area contributed by atoms with Crippen LogP contribution < -0.4 is 4.74 Å². The monoisotopic (exact) mass is 418 g/mol. The van der Waals surface area contributed by atoms with Gasteiger partial charge in [-0.25, -0.2) is 0 Å². The number of benzene rings is 1. The highest BCUT2D eigenvalue weighted by molar-refractivity contribution is 5.75. The van der Waals surface area contributed by atoms with Gasteiger partial charge in [-0.2, -0.15) is 0 Å². The van der Waals surface area contributed by atoms with Gasteiger partial charge < -0.3 is 23.7 Å². The van der Waals surface area contributed by atoms with E-state index in [1.165, 1.54) is 0 Å². The van der Waals surface area contributed by atoms with Crippen molar-refractivity contribution in [3.63, 3.8) is 0 Å². The van der Waals surface area contributed by atoms with Gasteiger partial charge in [0.1, 0.15) is 37.3 Å². The fraction of sp³-hybridized carbons (Fsp3) is 0.478. The van der Waals surface area contributed by atoms with E-state index in [-0.39, 0.29) is 5.92 Å². The Morgan fingerprint density at radius 1 is 0.867 bits per heavy atom. The predicted molar refractivity (Wildman–Crippen MR) is 112 cm³/mol. The van der Waals surface area contributed by atoms with Gasteiger partial charge in [-0.05, 0) is 42.2 Å². The molecule has 0 saturated carbocycles. The van der Waals surface area contributed by atoms with Crippen LogP contribution in [0, 0.1) is 5.92 Å². The van der Waals surface area contributed by atoms with Crippen molar-refractivity contribution in [1.82, 2.24) is 0 Å². The summed E-state index contributed by atoms with van der Waals surface area (Å²) in [4.78, 5) is 21.7. The Kier molecular flexibility index (Phi) is 11.5. The first kappa shape index (κ1) is 23.8. The number of allylic oxidation sites excluding steroid dienone is 3. The minimum atomic E-state index is 0.250. The highest BCUT2D eigenvalue weighted by Crippen LogP contribution is 2.22. The van der Waals surface area contributed by atoms with Crippen LogP contribution in [0.4, 0.5) is 0 Å². The van der Waals surface area contributed by atoms with Gasteiger partial charge >= 0.3 is 0 Å². The van der Waals surface area contributed by atoms with Crippen LogP contribution in [-0.4, -0.2) is 65.4 Å². The highest BCUT2D eigenvalue weighted by atomic mass is 16.6. The van der Waals surface area contributed by atoms with Gasteiger partial charge in [0.25, 0.3) is 0 Å². The van der Waals surface area contributed by atoms with Crippen LogP contribution in [0.15, 0.2) is 47.7 Å². The molecule has 1 atom stereocenters. The zero-order chi connectivity index (χ0) is 21.4. The third-order valence-corrected chi connectivity index (χ3v) is 4.42. The quantitative estimate of drug-likeness (QED) is 0.302. The summed E-state index contributed by atoms with van der Waals surface area (Å²) < 4.78 is 27.4. The van der Waals surface area contributed by atoms with Crippen molar-refractivity contribution in [3.05, 3.63) is 53.3 Å². The second-order valence-corrected chi connectivity index (χ2v) is 6.73. The van der Waals surface area contributed by atoms with Crippen molar-refractivity contribution in [3.8, 4) is 5.75 Å². The number of hydrogen-bond acceptors (Lipinski definition) is 7. The lowest BCUT2D eigenvalue weighted by atomic mass is 9.94. The SMILES string of the molecule is CC1CC=C(OCCOCCOCCOCCOc2cccc(C=O)c2)C=C1C=O. The van der Waals surface area contributed by atoms with Crippen molar-refractivity contribution < 1.29 is 33.3 Å². The van der Waals surface area contributed by atoms with E-state index in [0.29, 0.717) is 64.2 Å². The molecule has 164 valence electrons. The van der Waals surface area contributed by atoms with E-state index in [2.05, 4.69) is 0 Å². The summed E-state index contributed by atoms with van der Waals surface area (Å²) in [5.41, 5.74) is 1.35. The van der Waals surface area contributed by atoms with E-state index in [1.807, 2.05) is 13.0 Å². The van der Waals surface area contributed by atoms with Gasteiger partial charge in [-0.1, -0.05) is 19.1 Å². The molecule has 1 aromatic carbocycles. The Balaban J connectivity index is 1.37. The van der Waals surface area contributed by atoms with E-state index < -0.39 is 0 Å². The molecule has 0 N–H and O–H groups in total. The molecule has 1 aliphatic rings. The fourth-order valence-corrected chi connectivity index (χ4v) is 2.70. The minimum absolute atomic E-state index is 0.250. The van der Waals surface area contributed by atoms with Gasteiger partial charge in [-0.15, -0.1) is 0 Å². The van der Waals surface area contributed by atoms with E-state index in [9.17, 15) is 9.59 Å². The summed E-state index contributed by atoms with van der Waals surface area (Å²) in [6, 6.07) is 6.98. The zero-order valence-electron chi connectivity index (χ0n) is 17.4. The molecule has 7 nitrogen and oxygen atoms in total. The minimum Gasteiger partial charge on any atom is -0.492 e. The summed E-state index contributed by atoms with van der Waals surface area (Å²) in [5, 5.41) is 0. The second-order valence-electron chi connectivity index (χ2n) is 6.73. The number of carbonyl (C=O) groups excluding carboxylic acids is 2. The van der Waals surface area contributed by atoms with Crippen molar-refractivity contribution in [2.45, 2.75) is 13.3 Å². The number of aldehydes is 2. The average Bonchev–Trinajstić information content (AvgIpc) is 2.78. The van der Waals surface area contributed by atoms with Crippen molar-refractivity contribution in [2.24, 2.45) is 5.92 Å². The highest BCUT2D eigenvalue weighted by Gasteiger charge is 2.13. The molecule has 1 aromatic rings. The Hall–Kier alpha value is -2.48. The van der Waals surface area contributed by atoms with Gasteiger partial charge in [0.15, 0.2) is 0 Å². The van der Waals surface area contributed by atoms with E-state index in [1.54, 1.807) is 30.3 Å². The molecule has 0 fully saturated rings. The van der Waals surface area contributed by atoms with E-state index in [0.717, 1.165) is 30.3 Å². The maximum absolute atomic E-state index is 11.0. The maximum atomic E-state index is 11.0. The molecular formula is C23H30O7. The molecule has 2 rings (SSSR count). The Morgan fingerprint density at radius 3 is 2.13 bits per heavy atom. The van der Waals surface area contributed by atoms with E-state index in [4.69, 9.17) is 23.7 Å². The normalized spacial score (nSPS) is 15.8. The molecule has 0 radical (unpaired) electrons. The first-order valence-electron chi connectivity index (χ1n) is 10.1. The average molecular weight is 418 g/mol. The molecule has 0 amide bonds. The summed E-state index contributed by atoms with van der Waals surface area (Å²) in [6.07, 6.45) is 6.27. The van der Waals surface area contributed by atoms with Gasteiger partial charge in [0.05, 0.1) is 39.6 Å². The van der Waals surface area contributed by atoms with Crippen molar-refractivity contribution in [2.75, 3.05) is 52.9 Å². The molecule has 1 aliphatic carbocycles. The third-order valence-electron chi connectivity index (χ3n) is 4.42. The summed E-state index contributed by atoms with van der Waals surface area (Å²) >= 11 is 0. The van der Waals surface area contributed by atoms with E-state index >= 15 is 0 Å². The lowest BCUT2D eigenvalue weighted by Crippen LogP contribution is -2.14. The lowest BCUT2D eigenvalue weighted by Gasteiger charge is -2.17. The van der Waals surface area contributed by atoms with Gasteiger partial charge in [-0.3, -0.25) is 9.59 Å². The summed E-state index contributed by atoms with van der Waals surface area (Å²) in [7, 11) is 0. The van der Waals surface area contributed by atoms with Crippen LogP contribution in [0.5, 0.6) is 5.75 Å². The van der Waals surface area contributed by atoms with Crippen LogP contribution in [0.3, 0.4) is 0 Å². The van der Waals surface area contributed by atoms with Crippen LogP contribution in [0.2, 0.25) is 0 Å². The molecular weight excluding hydrogens is 388 g/mol. The topological polar surface area (TPSA) is 80.3 Å². The van der Waals surface area contributed by atoms with Gasteiger partial charge in [0, 0.05) is 5.56 Å². The summed E-state index contributed by atoms with van der Waals surface area (Å²) in [6.45, 7) is 5.66. The van der Waals surface area contributed by atoms with Gasteiger partial charge in [0.2, 0.25) is 0 Å². The molecule has 0 saturated heterocycles. The predicted octanol–water partition coefficient (Wildman–Crippen LogP) is 2.99. The maximum Gasteiger partial charge on any atom is 0.150 e. The Morgan fingerprint density at radius 2 is 1.50 bits per heavy atom. The third kappa shape index (κ3) is 9.35. The molecule has 0 aromatic heterocycles. The second kappa shape index (κ2) is 14.5. The Labute approximate surface area is 177 Å². The smallest absolute Gasteiger partial charge is 0.150 e. The first-order chi connectivity index (χ1) is 14.7. The molecule has 0 aliphatic heterocycles. The Bertz CT molecular complexity index is 711. The number of rotatable bonds is 16. The molecule has 1 unspecified atom stereocenters.